The van der Waals surface area contributed by atoms with Crippen LogP contribution < -0.4 is 4.74 Å². The van der Waals surface area contributed by atoms with Crippen molar-refractivity contribution in [2.45, 2.75) is 6.18 Å². The number of alkyl halides is 3. The lowest BCUT2D eigenvalue weighted by atomic mass is 9.89. The van der Waals surface area contributed by atoms with E-state index < -0.39 is 17.6 Å². The second-order valence-corrected chi connectivity index (χ2v) is 6.45. The largest absolute Gasteiger partial charge is 0.493 e. The Labute approximate surface area is 176 Å². The first-order valence-electron chi connectivity index (χ1n) is 9.27. The van der Waals surface area contributed by atoms with Crippen molar-refractivity contribution in [3.05, 3.63) is 112 Å². The summed E-state index contributed by atoms with van der Waals surface area (Å²) < 4.78 is 61.5. The molecule has 0 saturated heterocycles. The Morgan fingerprint density at radius 1 is 0.839 bits per heavy atom. The van der Waals surface area contributed by atoms with E-state index >= 15 is 0 Å². The Balaban J connectivity index is 2.13. The molecule has 8 heteroatoms. The maximum absolute atomic E-state index is 14.2. The molecule has 0 unspecified atom stereocenters. The van der Waals surface area contributed by atoms with Crippen LogP contribution in [0.5, 0.6) is 5.75 Å². The Hall–Kier alpha value is -3.77. The first-order chi connectivity index (χ1) is 14.9. The van der Waals surface area contributed by atoms with Gasteiger partial charge in [-0.15, -0.1) is 0 Å². The van der Waals surface area contributed by atoms with Gasteiger partial charge in [0.1, 0.15) is 11.6 Å². The second-order valence-electron chi connectivity index (χ2n) is 6.45. The number of hydrogen-bond donors (Lipinski definition) is 0. The summed E-state index contributed by atoms with van der Waals surface area (Å²) in [6.45, 7) is 0.282. The van der Waals surface area contributed by atoms with E-state index in [1.54, 1.807) is 42.5 Å². The van der Waals surface area contributed by atoms with Crippen molar-refractivity contribution >= 4 is 11.1 Å². The van der Waals surface area contributed by atoms with E-state index in [2.05, 4.69) is 10.0 Å². The normalized spacial score (nSPS) is 12.0. The van der Waals surface area contributed by atoms with Crippen LogP contribution in [0.1, 0.15) is 16.7 Å². The van der Waals surface area contributed by atoms with Crippen LogP contribution in [0.3, 0.4) is 0 Å². The molecule has 158 valence electrons. The van der Waals surface area contributed by atoms with Crippen LogP contribution >= 0.6 is 0 Å². The summed E-state index contributed by atoms with van der Waals surface area (Å²) in [4.78, 5) is 2.62. The fourth-order valence-corrected chi connectivity index (χ4v) is 3.09. The van der Waals surface area contributed by atoms with Crippen molar-refractivity contribution in [2.75, 3.05) is 13.2 Å². The highest BCUT2D eigenvalue weighted by Crippen LogP contribution is 2.42. The molecule has 0 N–H and O–H groups in total. The van der Waals surface area contributed by atoms with Gasteiger partial charge in [0.25, 0.3) is 0 Å². The number of allylic oxidation sites excluding steroid dienone is 1. The molecule has 0 aromatic heterocycles. The Kier molecular flexibility index (Phi) is 6.95. The van der Waals surface area contributed by atoms with Gasteiger partial charge in [-0.1, -0.05) is 59.7 Å². The van der Waals surface area contributed by atoms with Crippen molar-refractivity contribution < 1.29 is 22.3 Å². The van der Waals surface area contributed by atoms with Crippen LogP contribution in [0.4, 0.5) is 17.6 Å². The number of ether oxygens (including phenoxy) is 1. The molecule has 4 nitrogen and oxygen atoms in total. The summed E-state index contributed by atoms with van der Waals surface area (Å²) in [5.41, 5.74) is 7.95. The van der Waals surface area contributed by atoms with Gasteiger partial charge in [-0.2, -0.15) is 13.2 Å². The van der Waals surface area contributed by atoms with Crippen LogP contribution in [0.25, 0.3) is 21.6 Å². The van der Waals surface area contributed by atoms with Crippen LogP contribution in [-0.4, -0.2) is 19.3 Å². The number of hydrogen-bond acceptors (Lipinski definition) is 2. The van der Waals surface area contributed by atoms with Crippen LogP contribution in [-0.2, 0) is 0 Å². The third-order valence-corrected chi connectivity index (χ3v) is 4.40. The smallest absolute Gasteiger partial charge is 0.417 e. The van der Waals surface area contributed by atoms with Crippen molar-refractivity contribution in [3.8, 4) is 5.75 Å². The predicted molar refractivity (Wildman–Crippen MR) is 111 cm³/mol. The zero-order valence-electron chi connectivity index (χ0n) is 16.2. The van der Waals surface area contributed by atoms with E-state index in [0.717, 1.165) is 24.3 Å². The summed E-state index contributed by atoms with van der Waals surface area (Å²) >= 11 is 0. The van der Waals surface area contributed by atoms with E-state index in [9.17, 15) is 17.6 Å². The molecule has 0 heterocycles. The lowest BCUT2D eigenvalue weighted by Crippen LogP contribution is -2.14. The third kappa shape index (κ3) is 5.65. The lowest BCUT2D eigenvalue weighted by molar-refractivity contribution is -0.0685. The minimum Gasteiger partial charge on any atom is -0.493 e. The molecular weight excluding hydrogens is 410 g/mol. The summed E-state index contributed by atoms with van der Waals surface area (Å²) in [7, 11) is 0. The van der Waals surface area contributed by atoms with Gasteiger partial charge in [-0.05, 0) is 46.5 Å². The number of benzene rings is 3. The molecule has 0 aliphatic heterocycles. The lowest BCUT2D eigenvalue weighted by Gasteiger charge is -2.20. The number of azide groups is 1. The van der Waals surface area contributed by atoms with Crippen LogP contribution in [0.15, 0.2) is 84.0 Å². The third-order valence-electron chi connectivity index (χ3n) is 4.40. The molecule has 0 aliphatic rings. The molecule has 0 radical (unpaired) electrons. The monoisotopic (exact) mass is 427 g/mol. The summed E-state index contributed by atoms with van der Waals surface area (Å²) in [6.07, 6.45) is -4.69. The molecular formula is C23H17F4N3O. The quantitative estimate of drug-likeness (QED) is 0.0997. The molecule has 3 aromatic rings. The molecule has 0 amide bonds. The van der Waals surface area contributed by atoms with Crippen molar-refractivity contribution in [1.82, 2.24) is 0 Å². The van der Waals surface area contributed by atoms with Crippen LogP contribution in [0, 0.1) is 5.82 Å². The summed E-state index contributed by atoms with van der Waals surface area (Å²) in [5, 5.41) is 3.36. The van der Waals surface area contributed by atoms with Crippen LogP contribution in [0.2, 0.25) is 0 Å². The molecule has 0 atom stereocenters. The molecule has 0 bridgehead atoms. The van der Waals surface area contributed by atoms with E-state index in [1.807, 2.05) is 0 Å². The fourth-order valence-electron chi connectivity index (χ4n) is 3.09. The van der Waals surface area contributed by atoms with Gasteiger partial charge in [-0.25, -0.2) is 4.39 Å². The number of rotatable bonds is 7. The SMILES string of the molecule is [N-]=[N+]=NCCOc1ccc(C(=C(c2ccc(F)cc2)C(F)(F)F)c2ccccc2)cc1. The fraction of sp³-hybridized carbons (Fsp3) is 0.130. The molecule has 0 aliphatic carbocycles. The minimum atomic E-state index is -4.69. The van der Waals surface area contributed by atoms with Crippen molar-refractivity contribution in [1.29, 1.82) is 0 Å². The Bertz CT molecular complexity index is 1090. The summed E-state index contributed by atoms with van der Waals surface area (Å²) in [5.74, 6) is -0.187. The maximum atomic E-state index is 14.2. The zero-order chi connectivity index (χ0) is 22.3. The molecule has 3 aromatic carbocycles. The Morgan fingerprint density at radius 3 is 2.00 bits per heavy atom. The second kappa shape index (κ2) is 9.82. The molecule has 0 fully saturated rings. The van der Waals surface area contributed by atoms with Gasteiger partial charge in [-0.3, -0.25) is 0 Å². The van der Waals surface area contributed by atoms with Crippen molar-refractivity contribution in [3.63, 3.8) is 0 Å². The summed E-state index contributed by atoms with van der Waals surface area (Å²) in [6, 6.07) is 18.6. The minimum absolute atomic E-state index is 0.0275. The van der Waals surface area contributed by atoms with Gasteiger partial charge >= 0.3 is 6.18 Å². The van der Waals surface area contributed by atoms with Gasteiger partial charge in [0, 0.05) is 10.5 Å². The first kappa shape index (κ1) is 21.9. The molecule has 31 heavy (non-hydrogen) atoms. The molecule has 0 spiro atoms. The predicted octanol–water partition coefficient (Wildman–Crippen LogP) is 7.04. The molecule has 3 rings (SSSR count). The van der Waals surface area contributed by atoms with Gasteiger partial charge < -0.3 is 4.74 Å². The zero-order valence-corrected chi connectivity index (χ0v) is 16.2. The maximum Gasteiger partial charge on any atom is 0.417 e. The van der Waals surface area contributed by atoms with E-state index in [4.69, 9.17) is 10.3 Å². The highest BCUT2D eigenvalue weighted by molar-refractivity contribution is 6.00. The van der Waals surface area contributed by atoms with Gasteiger partial charge in [0.05, 0.1) is 18.7 Å². The van der Waals surface area contributed by atoms with Gasteiger partial charge in [0.2, 0.25) is 0 Å². The number of nitrogens with zero attached hydrogens (tertiary/aromatic N) is 3. The van der Waals surface area contributed by atoms with Crippen molar-refractivity contribution in [2.24, 2.45) is 5.11 Å². The van der Waals surface area contributed by atoms with E-state index in [0.29, 0.717) is 16.9 Å². The van der Waals surface area contributed by atoms with E-state index in [-0.39, 0.29) is 24.3 Å². The Morgan fingerprint density at radius 2 is 1.42 bits per heavy atom. The first-order valence-corrected chi connectivity index (χ1v) is 9.27. The standard InChI is InChI=1S/C23H17F4N3O/c24-19-10-6-18(7-11-19)22(23(25,26)27)21(16-4-2-1-3-5-16)17-8-12-20(13-9-17)31-15-14-29-30-28/h1-13H,14-15H2. The molecule has 0 saturated carbocycles. The number of halogens is 4. The highest BCUT2D eigenvalue weighted by Gasteiger charge is 2.38. The average Bonchev–Trinajstić information content (AvgIpc) is 2.76. The topological polar surface area (TPSA) is 58.0 Å². The van der Waals surface area contributed by atoms with E-state index in [1.165, 1.54) is 12.1 Å². The highest BCUT2D eigenvalue weighted by atomic mass is 19.4. The average molecular weight is 427 g/mol. The van der Waals surface area contributed by atoms with Gasteiger partial charge in [0.15, 0.2) is 0 Å².